The normalized spacial score (nSPS) is 56.1. The first kappa shape index (κ1) is 10.8. The molecule has 108 valence electrons. The summed E-state index contributed by atoms with van der Waals surface area (Å²) in [6, 6.07) is 0. The van der Waals surface area contributed by atoms with E-state index in [2.05, 4.69) is 6.92 Å². The molecule has 0 spiro atoms. The van der Waals surface area contributed by atoms with E-state index in [4.69, 9.17) is 2.74 Å². The number of rotatable bonds is 0. The quantitative estimate of drug-likeness (QED) is 0.675. The Kier molecular flexibility index (Phi) is 2.31. The summed E-state index contributed by atoms with van der Waals surface area (Å²) in [6.07, 6.45) is 5.56. The van der Waals surface area contributed by atoms with Gasteiger partial charge in [0.25, 0.3) is 0 Å². The Morgan fingerprint density at radius 1 is 1.20 bits per heavy atom. The van der Waals surface area contributed by atoms with Gasteiger partial charge in [0, 0.05) is 21.0 Å². The van der Waals surface area contributed by atoms with Gasteiger partial charge in [0.15, 0.2) is 5.78 Å². The number of allylic oxidation sites excluding steroid dienone is 1. The van der Waals surface area contributed by atoms with Crippen LogP contribution in [-0.2, 0) is 9.59 Å². The van der Waals surface area contributed by atoms with E-state index in [0.29, 0.717) is 30.5 Å². The first-order valence-electron chi connectivity index (χ1n) is 9.21. The third-order valence-electron chi connectivity index (χ3n) is 6.58. The predicted molar refractivity (Wildman–Crippen MR) is 77.1 cm³/mol. The summed E-state index contributed by atoms with van der Waals surface area (Å²) in [6.45, 7) is 2.10. The Labute approximate surface area is 123 Å². The highest BCUT2D eigenvalue weighted by atomic mass is 16.1. The molecule has 0 aromatic rings. The van der Waals surface area contributed by atoms with Crippen molar-refractivity contribution in [3.63, 3.8) is 0 Å². The number of carbonyl (C=O) groups excluding carboxylic acids is 2. The van der Waals surface area contributed by atoms with E-state index in [1.165, 1.54) is 0 Å². The fourth-order valence-corrected chi connectivity index (χ4v) is 5.43. The lowest BCUT2D eigenvalue weighted by Crippen LogP contribution is -2.46. The average Bonchev–Trinajstić information content (AvgIpc) is 2.80. The third kappa shape index (κ3) is 1.63. The highest BCUT2D eigenvalue weighted by Gasteiger charge is 2.55. The summed E-state index contributed by atoms with van der Waals surface area (Å²) in [5, 5.41) is 0. The van der Waals surface area contributed by atoms with Crippen molar-refractivity contribution in [1.29, 1.82) is 0 Å². The minimum absolute atomic E-state index is 0.130. The van der Waals surface area contributed by atoms with Crippen LogP contribution in [0.15, 0.2) is 11.6 Å². The summed E-state index contributed by atoms with van der Waals surface area (Å²) < 4.78 is 17.1. The molecule has 0 saturated heterocycles. The fraction of sp³-hybridized carbons (Fsp3) is 0.778. The lowest BCUT2D eigenvalue weighted by molar-refractivity contribution is -0.131. The van der Waals surface area contributed by atoms with Gasteiger partial charge in [-0.3, -0.25) is 9.59 Å². The Balaban J connectivity index is 1.74. The second kappa shape index (κ2) is 4.29. The third-order valence-corrected chi connectivity index (χ3v) is 6.58. The van der Waals surface area contributed by atoms with Crippen molar-refractivity contribution in [2.24, 2.45) is 29.1 Å². The monoisotopic (exact) mass is 274 g/mol. The maximum absolute atomic E-state index is 12.4. The molecule has 0 aromatic carbocycles. The van der Waals surface area contributed by atoms with E-state index in [0.717, 1.165) is 31.3 Å². The summed E-state index contributed by atoms with van der Waals surface area (Å²) in [5.41, 5.74) is 0.678. The van der Waals surface area contributed by atoms with Gasteiger partial charge in [-0.1, -0.05) is 12.5 Å². The van der Waals surface area contributed by atoms with E-state index in [1.54, 1.807) is 6.08 Å². The first-order chi connectivity index (χ1) is 10.4. The van der Waals surface area contributed by atoms with E-state index >= 15 is 0 Å². The molecule has 4 rings (SSSR count). The van der Waals surface area contributed by atoms with Gasteiger partial charge in [-0.05, 0) is 68.2 Å². The molecule has 4 aliphatic carbocycles. The van der Waals surface area contributed by atoms with Crippen LogP contribution in [-0.4, -0.2) is 11.6 Å². The van der Waals surface area contributed by atoms with Crippen molar-refractivity contribution >= 4 is 11.6 Å². The maximum Gasteiger partial charge on any atom is 0.155 e. The zero-order valence-electron chi connectivity index (χ0n) is 14.1. The van der Waals surface area contributed by atoms with Crippen LogP contribution >= 0.6 is 0 Å². The topological polar surface area (TPSA) is 34.1 Å². The van der Waals surface area contributed by atoms with Gasteiger partial charge < -0.3 is 0 Å². The molecule has 0 unspecified atom stereocenters. The number of hydrogen-bond donors (Lipinski definition) is 0. The highest BCUT2D eigenvalue weighted by Crippen LogP contribution is 2.60. The molecular formula is C18H24O2. The van der Waals surface area contributed by atoms with E-state index in [1.807, 2.05) is 0 Å². The fourth-order valence-electron chi connectivity index (χ4n) is 5.43. The van der Waals surface area contributed by atoms with Crippen molar-refractivity contribution in [2.75, 3.05) is 0 Å². The standard InChI is InChI=1S/C18H24O2/c1-18-9-8-14-13-5-3-12(19)10-11(13)2-4-15(14)16(18)6-7-17(18)20/h10,13-16H,2-9H2,1H3/t13-,14+,15+,16-,18-/m0/s1/i2D,4D/t2-,4+,13-,14+,15+,16-,18-. The number of hydrogen-bond acceptors (Lipinski definition) is 2. The maximum atomic E-state index is 12.4. The predicted octanol–water partition coefficient (Wildman–Crippen LogP) is 3.70. The van der Waals surface area contributed by atoms with Crippen molar-refractivity contribution in [3.8, 4) is 0 Å². The molecule has 0 amide bonds. The number of ketones is 2. The second-order valence-corrected chi connectivity index (χ2v) is 7.38. The van der Waals surface area contributed by atoms with Crippen LogP contribution in [0.4, 0.5) is 0 Å². The van der Waals surface area contributed by atoms with E-state index in [9.17, 15) is 9.59 Å². The summed E-state index contributed by atoms with van der Waals surface area (Å²) in [4.78, 5) is 24.1. The summed E-state index contributed by atoms with van der Waals surface area (Å²) in [7, 11) is 0. The smallest absolute Gasteiger partial charge is 0.155 e. The van der Waals surface area contributed by atoms with Crippen LogP contribution in [0.25, 0.3) is 0 Å². The number of Topliss-reactive ketones (excluding diaryl/α,β-unsaturated/α-hetero) is 1. The molecule has 3 saturated carbocycles. The Morgan fingerprint density at radius 3 is 2.90 bits per heavy atom. The van der Waals surface area contributed by atoms with Gasteiger partial charge >= 0.3 is 0 Å². The Morgan fingerprint density at radius 2 is 2.05 bits per heavy atom. The molecule has 2 nitrogen and oxygen atoms in total. The molecule has 0 aromatic heterocycles. The number of carbonyl (C=O) groups is 2. The van der Waals surface area contributed by atoms with Gasteiger partial charge in [-0.25, -0.2) is 0 Å². The summed E-state index contributed by atoms with van der Waals surface area (Å²) in [5.74, 6) is 1.69. The molecule has 0 N–H and O–H groups in total. The molecule has 20 heavy (non-hydrogen) atoms. The molecule has 0 aliphatic heterocycles. The second-order valence-electron chi connectivity index (χ2n) is 7.38. The van der Waals surface area contributed by atoms with Crippen LogP contribution in [0, 0.1) is 29.1 Å². The SMILES string of the molecule is [2H][C@H]1[C@@H]2[C@H](CC[C@]3(C)C(=O)CC[C@@H]23)[C@H]2CCC(=O)C=C2[C@H]1[2H]. The van der Waals surface area contributed by atoms with Gasteiger partial charge in [0.05, 0.1) is 0 Å². The molecule has 0 bridgehead atoms. The van der Waals surface area contributed by atoms with Gasteiger partial charge in [0.2, 0.25) is 0 Å². The molecule has 3 fully saturated rings. The lowest BCUT2D eigenvalue weighted by atomic mass is 9.52. The van der Waals surface area contributed by atoms with Crippen molar-refractivity contribution in [2.45, 2.75) is 58.2 Å². The molecular weight excluding hydrogens is 248 g/mol. The lowest BCUT2D eigenvalue weighted by Gasteiger charge is -2.52. The van der Waals surface area contributed by atoms with Crippen molar-refractivity contribution < 1.29 is 12.3 Å². The first-order valence-corrected chi connectivity index (χ1v) is 8.05. The highest BCUT2D eigenvalue weighted by molar-refractivity contribution is 5.91. The van der Waals surface area contributed by atoms with Crippen LogP contribution in [0.2, 0.25) is 0 Å². The van der Waals surface area contributed by atoms with E-state index < -0.39 is 12.8 Å². The van der Waals surface area contributed by atoms with Crippen LogP contribution < -0.4 is 0 Å². The Bertz CT molecular complexity index is 569. The van der Waals surface area contributed by atoms with Crippen LogP contribution in [0.1, 0.15) is 61.0 Å². The van der Waals surface area contributed by atoms with Gasteiger partial charge in [0.1, 0.15) is 5.78 Å². The molecule has 2 heteroatoms. The zero-order chi connectivity index (χ0) is 15.6. The van der Waals surface area contributed by atoms with Crippen LogP contribution in [0.5, 0.6) is 0 Å². The zero-order valence-corrected chi connectivity index (χ0v) is 12.1. The molecule has 0 radical (unpaired) electrons. The minimum Gasteiger partial charge on any atom is -0.299 e. The number of fused-ring (bicyclic) bond motifs is 5. The molecule has 0 heterocycles. The van der Waals surface area contributed by atoms with E-state index in [-0.39, 0.29) is 23.0 Å². The molecule has 7 atom stereocenters. The van der Waals surface area contributed by atoms with Crippen molar-refractivity contribution in [3.05, 3.63) is 11.6 Å². The van der Waals surface area contributed by atoms with Gasteiger partial charge in [-0.15, -0.1) is 0 Å². The van der Waals surface area contributed by atoms with Crippen LogP contribution in [0.3, 0.4) is 0 Å². The average molecular weight is 274 g/mol. The van der Waals surface area contributed by atoms with Crippen molar-refractivity contribution in [1.82, 2.24) is 0 Å². The minimum atomic E-state index is -0.575. The largest absolute Gasteiger partial charge is 0.299 e. The molecule has 4 aliphatic rings. The van der Waals surface area contributed by atoms with Gasteiger partial charge in [-0.2, -0.15) is 0 Å². The Hall–Kier alpha value is -0.920. The summed E-state index contributed by atoms with van der Waals surface area (Å²) >= 11 is 0.